The van der Waals surface area contributed by atoms with Crippen molar-refractivity contribution in [3.8, 4) is 17.2 Å². The number of pyridine rings is 1. The fourth-order valence-electron chi connectivity index (χ4n) is 9.75. The van der Waals surface area contributed by atoms with Crippen LogP contribution in [-0.2, 0) is 39.4 Å². The summed E-state index contributed by atoms with van der Waals surface area (Å²) in [6.07, 6.45) is 1.70. The molecule has 0 saturated carbocycles. The Morgan fingerprint density at radius 3 is 2.34 bits per heavy atom. The van der Waals surface area contributed by atoms with Crippen molar-refractivity contribution < 1.29 is 28.9 Å². The Labute approximate surface area is 344 Å². The molecule has 4 aromatic carbocycles. The maximum absolute atomic E-state index is 15.3. The molecule has 1 saturated heterocycles. The highest BCUT2D eigenvalue weighted by molar-refractivity contribution is 6.91. The van der Waals surface area contributed by atoms with Crippen LogP contribution < -0.4 is 25.1 Å². The van der Waals surface area contributed by atoms with Crippen LogP contribution in [-0.4, -0.2) is 67.4 Å². The van der Waals surface area contributed by atoms with Crippen molar-refractivity contribution in [3.63, 3.8) is 0 Å². The molecule has 300 valence electrons. The summed E-state index contributed by atoms with van der Waals surface area (Å²) in [5.41, 5.74) is 3.26. The van der Waals surface area contributed by atoms with E-state index in [0.29, 0.717) is 34.9 Å². The van der Waals surface area contributed by atoms with Crippen LogP contribution in [0.3, 0.4) is 0 Å². The predicted octanol–water partition coefficient (Wildman–Crippen LogP) is 6.61. The molecule has 1 aromatic heterocycles. The number of aliphatic hydroxyl groups is 1. The zero-order chi connectivity index (χ0) is 40.9. The minimum absolute atomic E-state index is 0.0519. The SMILES string of the molecule is COc1ccc([Si](C)(C)[C@H]2[C@H](CC(=O)N3Cc4ccccc4C[C@H]3CO)O[C@@]3(C(=O)N(Cc4ccc(-n5cccc(OC)c5=O)cc4)c4ccc(Cl)cc43)[C@@H]2C)cc1. The number of aliphatic hydroxyl groups excluding tert-OH is 1. The van der Waals surface area contributed by atoms with Gasteiger partial charge in [0.05, 0.1) is 59.7 Å². The zero-order valence-corrected chi connectivity index (χ0v) is 35.1. The van der Waals surface area contributed by atoms with Gasteiger partial charge < -0.3 is 29.1 Å². The molecule has 3 aliphatic rings. The highest BCUT2D eigenvalue weighted by atomic mass is 35.5. The monoisotopic (exact) mass is 817 g/mol. The molecule has 0 radical (unpaired) electrons. The molecular weight excluding hydrogens is 770 g/mol. The minimum Gasteiger partial charge on any atom is -0.497 e. The number of nitrogens with zero attached hydrogens (tertiary/aromatic N) is 3. The van der Waals surface area contributed by atoms with E-state index < -0.39 is 19.8 Å². The number of fused-ring (bicyclic) bond motifs is 3. The molecule has 1 fully saturated rings. The second-order valence-electron chi connectivity index (χ2n) is 16.2. The molecule has 0 bridgehead atoms. The second-order valence-corrected chi connectivity index (χ2v) is 21.3. The third kappa shape index (κ3) is 6.63. The van der Waals surface area contributed by atoms with Crippen LogP contribution in [0.2, 0.25) is 23.7 Å². The number of rotatable bonds is 10. The molecule has 4 heterocycles. The summed E-state index contributed by atoms with van der Waals surface area (Å²) in [6, 6.07) is 32.2. The van der Waals surface area contributed by atoms with Gasteiger partial charge in [-0.05, 0) is 83.2 Å². The number of hydrogen-bond donors (Lipinski definition) is 1. The summed E-state index contributed by atoms with van der Waals surface area (Å²) in [5.74, 6) is 0.330. The van der Waals surface area contributed by atoms with Crippen molar-refractivity contribution in [1.82, 2.24) is 9.47 Å². The predicted molar refractivity (Wildman–Crippen MR) is 227 cm³/mol. The summed E-state index contributed by atoms with van der Waals surface area (Å²) < 4.78 is 19.5. The first kappa shape index (κ1) is 39.6. The highest BCUT2D eigenvalue weighted by Gasteiger charge is 2.66. The third-order valence-electron chi connectivity index (χ3n) is 12.7. The number of amides is 2. The average molecular weight is 818 g/mol. The topological polar surface area (TPSA) is 111 Å². The molecular formula is C46H48ClN3O7Si. The van der Waals surface area contributed by atoms with E-state index in [1.807, 2.05) is 66.7 Å². The lowest BCUT2D eigenvalue weighted by molar-refractivity contribution is -0.151. The second kappa shape index (κ2) is 15.5. The number of carbonyl (C=O) groups excluding carboxylic acids is 2. The first-order valence-electron chi connectivity index (χ1n) is 19.7. The van der Waals surface area contributed by atoms with Crippen molar-refractivity contribution in [1.29, 1.82) is 0 Å². The van der Waals surface area contributed by atoms with Crippen LogP contribution in [0.15, 0.2) is 114 Å². The van der Waals surface area contributed by atoms with E-state index in [2.05, 4.69) is 38.2 Å². The molecule has 1 N–H and O–H groups in total. The third-order valence-corrected chi connectivity index (χ3v) is 17.3. The van der Waals surface area contributed by atoms with Crippen LogP contribution in [0, 0.1) is 5.92 Å². The van der Waals surface area contributed by atoms with E-state index in [0.717, 1.165) is 27.6 Å². The summed E-state index contributed by atoms with van der Waals surface area (Å²) in [5, 5.41) is 12.1. The van der Waals surface area contributed by atoms with Crippen LogP contribution in [0.1, 0.15) is 35.6 Å². The lowest BCUT2D eigenvalue weighted by Gasteiger charge is -2.39. The first-order valence-corrected chi connectivity index (χ1v) is 23.1. The minimum atomic E-state index is -2.55. The van der Waals surface area contributed by atoms with Gasteiger partial charge in [0.15, 0.2) is 11.4 Å². The van der Waals surface area contributed by atoms with E-state index in [4.69, 9.17) is 25.8 Å². The number of ether oxygens (including phenoxy) is 3. The highest BCUT2D eigenvalue weighted by Crippen LogP contribution is 2.60. The molecule has 3 aliphatic heterocycles. The van der Waals surface area contributed by atoms with Crippen molar-refractivity contribution >= 4 is 42.4 Å². The number of aromatic nitrogens is 1. The molecule has 5 atom stereocenters. The molecule has 1 spiro atoms. The van der Waals surface area contributed by atoms with Gasteiger partial charge in [0.1, 0.15) is 5.75 Å². The Bertz CT molecular complexity index is 2420. The fraction of sp³-hybridized carbons (Fsp3) is 0.326. The van der Waals surface area contributed by atoms with Gasteiger partial charge in [0.25, 0.3) is 11.5 Å². The average Bonchev–Trinajstić information content (AvgIpc) is 3.66. The quantitative estimate of drug-likeness (QED) is 0.158. The molecule has 10 nitrogen and oxygen atoms in total. The number of halogens is 1. The summed E-state index contributed by atoms with van der Waals surface area (Å²) in [6.45, 7) is 7.15. The van der Waals surface area contributed by atoms with Crippen LogP contribution in [0.5, 0.6) is 11.5 Å². The van der Waals surface area contributed by atoms with Gasteiger partial charge in [0, 0.05) is 34.9 Å². The van der Waals surface area contributed by atoms with Crippen LogP contribution >= 0.6 is 11.6 Å². The fourth-order valence-corrected chi connectivity index (χ4v) is 13.9. The summed E-state index contributed by atoms with van der Waals surface area (Å²) in [4.78, 5) is 46.4. The maximum atomic E-state index is 15.3. The number of benzene rings is 4. The van der Waals surface area contributed by atoms with Gasteiger partial charge in [-0.15, -0.1) is 0 Å². The standard InChI is InChI=1S/C46H48ClN3O7Si/c1-29-43(58(4,5)37-19-17-36(55-2)18-20-37)41(25-42(52)49-27-32-10-7-6-9-31(32)23-35(49)28-51)57-46(29)38-24-33(47)14-21-39(38)50(45(46)54)26-30-12-15-34(16-13-30)48-22-8-11-40(56-3)44(48)53/h6-22,24,29,35,41,43,51H,23,25-28H2,1-5H3/t29-,35+,41+,43-,46+/m1/s1. The van der Waals surface area contributed by atoms with Gasteiger partial charge >= 0.3 is 0 Å². The van der Waals surface area contributed by atoms with E-state index in [-0.39, 0.29) is 60.2 Å². The maximum Gasteiger partial charge on any atom is 0.297 e. The molecule has 12 heteroatoms. The van der Waals surface area contributed by atoms with Crippen molar-refractivity contribution in [3.05, 3.63) is 147 Å². The molecule has 8 rings (SSSR count). The molecule has 2 amide bonds. The number of hydrogen-bond acceptors (Lipinski definition) is 7. The van der Waals surface area contributed by atoms with Crippen LogP contribution in [0.25, 0.3) is 5.69 Å². The van der Waals surface area contributed by atoms with Crippen LogP contribution in [0.4, 0.5) is 5.69 Å². The normalized spacial score (nSPS) is 22.6. The molecule has 0 aliphatic carbocycles. The van der Waals surface area contributed by atoms with Crippen molar-refractivity contribution in [2.75, 3.05) is 25.7 Å². The first-order chi connectivity index (χ1) is 27.9. The number of methoxy groups -OCH3 is 2. The van der Waals surface area contributed by atoms with E-state index in [9.17, 15) is 14.7 Å². The zero-order valence-electron chi connectivity index (χ0n) is 33.4. The van der Waals surface area contributed by atoms with E-state index in [1.165, 1.54) is 11.7 Å². The van der Waals surface area contributed by atoms with Gasteiger partial charge in [0.2, 0.25) is 5.91 Å². The van der Waals surface area contributed by atoms with Gasteiger partial charge in [-0.1, -0.05) is 85.3 Å². The van der Waals surface area contributed by atoms with Gasteiger partial charge in [-0.2, -0.15) is 0 Å². The number of carbonyl (C=O) groups is 2. The van der Waals surface area contributed by atoms with E-state index in [1.54, 1.807) is 41.3 Å². The largest absolute Gasteiger partial charge is 0.497 e. The van der Waals surface area contributed by atoms with Crippen molar-refractivity contribution in [2.45, 2.75) is 69.2 Å². The van der Waals surface area contributed by atoms with Gasteiger partial charge in [-0.25, -0.2) is 0 Å². The Morgan fingerprint density at radius 2 is 1.66 bits per heavy atom. The Balaban J connectivity index is 1.16. The Morgan fingerprint density at radius 1 is 0.931 bits per heavy atom. The Hall–Kier alpha value is -5.20. The smallest absolute Gasteiger partial charge is 0.297 e. The lowest BCUT2D eigenvalue weighted by atomic mass is 9.82. The summed E-state index contributed by atoms with van der Waals surface area (Å²) in [7, 11) is 0.558. The van der Waals surface area contributed by atoms with Crippen molar-refractivity contribution in [2.24, 2.45) is 5.92 Å². The molecule has 0 unspecified atom stereocenters. The lowest BCUT2D eigenvalue weighted by Crippen LogP contribution is -2.52. The molecule has 5 aromatic rings. The summed E-state index contributed by atoms with van der Waals surface area (Å²) >= 11 is 6.73. The van der Waals surface area contributed by atoms with E-state index >= 15 is 4.79 Å². The number of anilines is 1. The molecule has 58 heavy (non-hydrogen) atoms. The Kier molecular flexibility index (Phi) is 10.6. The van der Waals surface area contributed by atoms with Gasteiger partial charge in [-0.3, -0.25) is 19.0 Å².